The van der Waals surface area contributed by atoms with Crippen molar-refractivity contribution in [3.63, 3.8) is 0 Å². The Morgan fingerprint density at radius 3 is 2.57 bits per heavy atom. The van der Waals surface area contributed by atoms with Crippen molar-refractivity contribution in [1.29, 1.82) is 0 Å². The fraction of sp³-hybridized carbons (Fsp3) is 0.609. The number of hydrogen-bond acceptors (Lipinski definition) is 3. The molecular weight excluding hydrogens is 350 g/mol. The first-order valence-electron chi connectivity index (χ1n) is 10.9. The lowest BCUT2D eigenvalue weighted by Crippen LogP contribution is -2.19. The quantitative estimate of drug-likeness (QED) is 0.362. The molecule has 0 spiro atoms. The van der Waals surface area contributed by atoms with E-state index in [0.29, 0.717) is 24.3 Å². The third kappa shape index (κ3) is 7.83. The molecule has 1 amide bonds. The van der Waals surface area contributed by atoms with Gasteiger partial charge in [0.2, 0.25) is 11.8 Å². The monoisotopic (exact) mass is 385 g/mol. The molecule has 5 heteroatoms. The van der Waals surface area contributed by atoms with Crippen LogP contribution in [0.15, 0.2) is 41.6 Å². The average Bonchev–Trinajstić information content (AvgIpc) is 2.72. The first-order chi connectivity index (χ1) is 13.7. The molecule has 0 saturated carbocycles. The van der Waals surface area contributed by atoms with E-state index in [2.05, 4.69) is 48.2 Å². The highest BCUT2D eigenvalue weighted by atomic mass is 16.5. The zero-order valence-electron chi connectivity index (χ0n) is 17.5. The molecule has 0 aromatic carbocycles. The normalized spacial score (nSPS) is 14.6. The summed E-state index contributed by atoms with van der Waals surface area (Å²) in [7, 11) is 0. The Bertz CT molecular complexity index is 707. The summed E-state index contributed by atoms with van der Waals surface area (Å²) in [5.74, 6) is 0.569. The lowest BCUT2D eigenvalue weighted by molar-refractivity contribution is -0.118. The maximum absolute atomic E-state index is 12.0. The molecule has 5 nitrogen and oxygen atoms in total. The molecule has 0 unspecified atom stereocenters. The number of unbranched alkanes of at least 4 members (excludes halogenated alkanes) is 6. The van der Waals surface area contributed by atoms with Crippen molar-refractivity contribution in [1.82, 2.24) is 9.78 Å². The van der Waals surface area contributed by atoms with Gasteiger partial charge in [0.15, 0.2) is 0 Å². The molecule has 0 bridgehead atoms. The van der Waals surface area contributed by atoms with Crippen LogP contribution in [-0.2, 0) is 4.79 Å². The molecule has 1 aliphatic rings. The number of aromatic nitrogens is 2. The standard InChI is InChI=1S/C23H35N3O2/c1-3-5-7-8-9-13-17-28-23-18-20(25-22(27)16-6-4-2)19-24-26(23)21-14-11-10-12-15-21/h11-12,14-15,18-19,21H,3-10,13,16-17H2,1-2H3. The van der Waals surface area contributed by atoms with E-state index in [1.807, 2.05) is 10.7 Å². The van der Waals surface area contributed by atoms with E-state index in [4.69, 9.17) is 4.74 Å². The summed E-state index contributed by atoms with van der Waals surface area (Å²) in [5.41, 5.74) is 0. The lowest BCUT2D eigenvalue weighted by Gasteiger charge is -2.19. The fourth-order valence-electron chi connectivity index (χ4n) is 3.13. The molecule has 2 rings (SSSR count). The smallest absolute Gasteiger partial charge is 0.246 e. The summed E-state index contributed by atoms with van der Waals surface area (Å²) < 4.78 is 7.92. The van der Waals surface area contributed by atoms with E-state index >= 15 is 0 Å². The van der Waals surface area contributed by atoms with Crippen molar-refractivity contribution < 1.29 is 9.53 Å². The molecular formula is C23H35N3O2. The van der Waals surface area contributed by atoms with Crippen LogP contribution in [-0.4, -0.2) is 22.3 Å². The third-order valence-electron chi connectivity index (χ3n) is 4.78. The Morgan fingerprint density at radius 2 is 1.82 bits per heavy atom. The summed E-state index contributed by atoms with van der Waals surface area (Å²) in [6.07, 6.45) is 20.7. The van der Waals surface area contributed by atoms with Crippen LogP contribution in [0.25, 0.3) is 0 Å². The van der Waals surface area contributed by atoms with Crippen molar-refractivity contribution in [3.05, 3.63) is 41.9 Å². The molecule has 0 atom stereocenters. The van der Waals surface area contributed by atoms with Crippen LogP contribution >= 0.6 is 0 Å². The SMILES string of the molecule is CCCCCCCCOc1cc(=NC(=O)CCCC)cnn1C1C=CCC=C1. The highest BCUT2D eigenvalue weighted by Gasteiger charge is 2.12. The van der Waals surface area contributed by atoms with E-state index in [1.54, 1.807) is 6.20 Å². The van der Waals surface area contributed by atoms with Gasteiger partial charge in [-0.05, 0) is 19.3 Å². The van der Waals surface area contributed by atoms with Crippen LogP contribution in [0.3, 0.4) is 0 Å². The summed E-state index contributed by atoms with van der Waals surface area (Å²) in [6, 6.07) is 1.88. The largest absolute Gasteiger partial charge is 0.478 e. The topological polar surface area (TPSA) is 56.5 Å². The molecule has 1 aromatic rings. The molecule has 0 radical (unpaired) electrons. The van der Waals surface area contributed by atoms with Crippen LogP contribution in [0, 0.1) is 0 Å². The molecule has 0 N–H and O–H groups in total. The Labute approximate surface area is 169 Å². The predicted octanol–water partition coefficient (Wildman–Crippen LogP) is 5.30. The van der Waals surface area contributed by atoms with Crippen molar-refractivity contribution in [2.24, 2.45) is 4.99 Å². The Hall–Kier alpha value is -2.17. The van der Waals surface area contributed by atoms with Gasteiger partial charge in [0.25, 0.3) is 0 Å². The van der Waals surface area contributed by atoms with Crippen LogP contribution in [0.4, 0.5) is 0 Å². The van der Waals surface area contributed by atoms with Gasteiger partial charge >= 0.3 is 0 Å². The number of carbonyl (C=O) groups is 1. The summed E-state index contributed by atoms with van der Waals surface area (Å²) >= 11 is 0. The van der Waals surface area contributed by atoms with Crippen LogP contribution in [0.1, 0.15) is 84.1 Å². The second-order valence-electron chi connectivity index (χ2n) is 7.30. The van der Waals surface area contributed by atoms with Crippen molar-refractivity contribution in [2.45, 2.75) is 84.1 Å². The van der Waals surface area contributed by atoms with Gasteiger partial charge in [-0.15, -0.1) is 0 Å². The van der Waals surface area contributed by atoms with Gasteiger partial charge in [0.05, 0.1) is 24.2 Å². The molecule has 154 valence electrons. The van der Waals surface area contributed by atoms with Crippen molar-refractivity contribution in [2.75, 3.05) is 6.61 Å². The van der Waals surface area contributed by atoms with Crippen LogP contribution in [0.5, 0.6) is 5.88 Å². The zero-order chi connectivity index (χ0) is 20.0. The van der Waals surface area contributed by atoms with Crippen molar-refractivity contribution >= 4 is 5.91 Å². The van der Waals surface area contributed by atoms with Crippen LogP contribution < -0.4 is 10.1 Å². The number of carbonyl (C=O) groups excluding carboxylic acids is 1. The van der Waals surface area contributed by atoms with Gasteiger partial charge in [-0.1, -0.05) is 76.7 Å². The third-order valence-corrected chi connectivity index (χ3v) is 4.78. The summed E-state index contributed by atoms with van der Waals surface area (Å²) in [5, 5.41) is 5.09. The van der Waals surface area contributed by atoms with E-state index in [-0.39, 0.29) is 11.9 Å². The molecule has 1 aromatic heterocycles. The van der Waals surface area contributed by atoms with Crippen molar-refractivity contribution in [3.8, 4) is 5.88 Å². The minimum atomic E-state index is -0.0965. The summed E-state index contributed by atoms with van der Waals surface area (Å²) in [6.45, 7) is 4.95. The number of ether oxygens (including phenoxy) is 1. The van der Waals surface area contributed by atoms with E-state index in [1.165, 1.54) is 32.1 Å². The predicted molar refractivity (Wildman–Crippen MR) is 113 cm³/mol. The van der Waals surface area contributed by atoms with Gasteiger partial charge in [-0.25, -0.2) is 9.67 Å². The second kappa shape index (κ2) is 13.1. The van der Waals surface area contributed by atoms with Gasteiger partial charge in [-0.3, -0.25) is 4.79 Å². The molecule has 0 aliphatic heterocycles. The molecule has 1 heterocycles. The average molecular weight is 386 g/mol. The maximum atomic E-state index is 12.0. The Kier molecular flexibility index (Phi) is 10.3. The van der Waals surface area contributed by atoms with Gasteiger partial charge in [0, 0.05) is 12.5 Å². The molecule has 1 aliphatic carbocycles. The minimum Gasteiger partial charge on any atom is -0.478 e. The fourth-order valence-corrected chi connectivity index (χ4v) is 3.13. The van der Waals surface area contributed by atoms with Gasteiger partial charge in [0.1, 0.15) is 0 Å². The van der Waals surface area contributed by atoms with E-state index < -0.39 is 0 Å². The Balaban J connectivity index is 2.06. The molecule has 0 saturated heterocycles. The zero-order valence-corrected chi connectivity index (χ0v) is 17.5. The Morgan fingerprint density at radius 1 is 1.11 bits per heavy atom. The molecule has 0 fully saturated rings. The number of amides is 1. The van der Waals surface area contributed by atoms with E-state index in [9.17, 15) is 4.79 Å². The lowest BCUT2D eigenvalue weighted by atomic mass is 10.1. The molecule has 28 heavy (non-hydrogen) atoms. The highest BCUT2D eigenvalue weighted by molar-refractivity contribution is 5.76. The highest BCUT2D eigenvalue weighted by Crippen LogP contribution is 2.20. The first kappa shape index (κ1) is 22.1. The number of hydrogen-bond donors (Lipinski definition) is 0. The van der Waals surface area contributed by atoms with Gasteiger partial charge < -0.3 is 4.74 Å². The van der Waals surface area contributed by atoms with E-state index in [0.717, 1.165) is 25.7 Å². The first-order valence-corrected chi connectivity index (χ1v) is 10.9. The number of allylic oxidation sites excluding steroid dienone is 4. The summed E-state index contributed by atoms with van der Waals surface area (Å²) in [4.78, 5) is 16.2. The van der Waals surface area contributed by atoms with Gasteiger partial charge in [-0.2, -0.15) is 5.10 Å². The number of nitrogens with zero attached hydrogens (tertiary/aromatic N) is 3. The second-order valence-corrected chi connectivity index (χ2v) is 7.30. The minimum absolute atomic E-state index is 0.0400. The maximum Gasteiger partial charge on any atom is 0.246 e. The number of rotatable bonds is 12. The van der Waals surface area contributed by atoms with Crippen LogP contribution in [0.2, 0.25) is 0 Å².